The second-order valence-corrected chi connectivity index (χ2v) is 4.99. The third-order valence-electron chi connectivity index (χ3n) is 2.05. The minimum atomic E-state index is -0.273. The summed E-state index contributed by atoms with van der Waals surface area (Å²) in [5.74, 6) is 0.302. The molecule has 1 rings (SSSR count). The van der Waals surface area contributed by atoms with E-state index >= 15 is 0 Å². The third-order valence-corrected chi connectivity index (χ3v) is 2.05. The number of anilines is 1. The lowest BCUT2D eigenvalue weighted by Crippen LogP contribution is -2.19. The standard InChI is InChI=1S/C13H20FNO/c1-5-16-12-8-10(14)6-7-11(12)15-9-13(2,3)4/h6-8,15H,5,9H2,1-4H3. The number of halogens is 1. The van der Waals surface area contributed by atoms with E-state index in [1.807, 2.05) is 6.92 Å². The second kappa shape index (κ2) is 5.19. The Morgan fingerprint density at radius 2 is 2.00 bits per heavy atom. The quantitative estimate of drug-likeness (QED) is 0.844. The molecule has 0 aliphatic heterocycles. The average molecular weight is 225 g/mol. The van der Waals surface area contributed by atoms with Gasteiger partial charge in [0, 0.05) is 12.6 Å². The molecule has 1 aromatic rings. The van der Waals surface area contributed by atoms with Crippen molar-refractivity contribution in [2.24, 2.45) is 5.41 Å². The van der Waals surface area contributed by atoms with Crippen LogP contribution in [0.2, 0.25) is 0 Å². The van der Waals surface area contributed by atoms with Crippen LogP contribution in [0.5, 0.6) is 5.75 Å². The molecular formula is C13H20FNO. The Labute approximate surface area is 96.8 Å². The van der Waals surface area contributed by atoms with Crippen molar-refractivity contribution in [2.45, 2.75) is 27.7 Å². The molecule has 0 radical (unpaired) electrons. The van der Waals surface area contributed by atoms with E-state index in [0.717, 1.165) is 12.2 Å². The highest BCUT2D eigenvalue weighted by Gasteiger charge is 2.11. The van der Waals surface area contributed by atoms with Crippen LogP contribution in [0.3, 0.4) is 0 Å². The van der Waals surface area contributed by atoms with Crippen molar-refractivity contribution >= 4 is 5.69 Å². The maximum Gasteiger partial charge on any atom is 0.145 e. The highest BCUT2D eigenvalue weighted by Crippen LogP contribution is 2.26. The molecule has 0 atom stereocenters. The highest BCUT2D eigenvalue weighted by atomic mass is 19.1. The van der Waals surface area contributed by atoms with Gasteiger partial charge in [-0.3, -0.25) is 0 Å². The van der Waals surface area contributed by atoms with E-state index in [-0.39, 0.29) is 11.2 Å². The molecule has 0 heterocycles. The van der Waals surface area contributed by atoms with Crippen LogP contribution in [0, 0.1) is 11.2 Å². The van der Waals surface area contributed by atoms with Gasteiger partial charge in [0.1, 0.15) is 11.6 Å². The van der Waals surface area contributed by atoms with Gasteiger partial charge in [-0.25, -0.2) is 4.39 Å². The molecule has 0 aliphatic rings. The van der Waals surface area contributed by atoms with Gasteiger partial charge in [-0.2, -0.15) is 0 Å². The zero-order chi connectivity index (χ0) is 12.2. The van der Waals surface area contributed by atoms with Gasteiger partial charge in [-0.15, -0.1) is 0 Å². The van der Waals surface area contributed by atoms with E-state index in [1.165, 1.54) is 12.1 Å². The van der Waals surface area contributed by atoms with E-state index < -0.39 is 0 Å². The summed E-state index contributed by atoms with van der Waals surface area (Å²) in [7, 11) is 0. The molecule has 0 saturated carbocycles. The Morgan fingerprint density at radius 1 is 1.31 bits per heavy atom. The van der Waals surface area contributed by atoms with Crippen molar-refractivity contribution < 1.29 is 9.13 Å². The smallest absolute Gasteiger partial charge is 0.145 e. The summed E-state index contributed by atoms with van der Waals surface area (Å²) in [5, 5.41) is 3.27. The molecule has 0 aliphatic carbocycles. The van der Waals surface area contributed by atoms with Crippen molar-refractivity contribution in [1.29, 1.82) is 0 Å². The maximum absolute atomic E-state index is 13.0. The van der Waals surface area contributed by atoms with E-state index in [4.69, 9.17) is 4.74 Å². The highest BCUT2D eigenvalue weighted by molar-refractivity contribution is 5.56. The summed E-state index contributed by atoms with van der Waals surface area (Å²) in [5.41, 5.74) is 1.02. The van der Waals surface area contributed by atoms with Gasteiger partial charge >= 0.3 is 0 Å². The molecule has 0 amide bonds. The molecule has 1 N–H and O–H groups in total. The van der Waals surface area contributed by atoms with Crippen molar-refractivity contribution in [3.63, 3.8) is 0 Å². The molecule has 0 unspecified atom stereocenters. The van der Waals surface area contributed by atoms with Crippen LogP contribution in [0.25, 0.3) is 0 Å². The number of hydrogen-bond acceptors (Lipinski definition) is 2. The van der Waals surface area contributed by atoms with Gasteiger partial charge in [0.25, 0.3) is 0 Å². The van der Waals surface area contributed by atoms with Gasteiger partial charge in [-0.1, -0.05) is 20.8 Å². The summed E-state index contributed by atoms with van der Waals surface area (Å²) < 4.78 is 18.4. The fourth-order valence-corrected chi connectivity index (χ4v) is 1.28. The monoisotopic (exact) mass is 225 g/mol. The van der Waals surface area contributed by atoms with E-state index in [0.29, 0.717) is 12.4 Å². The van der Waals surface area contributed by atoms with E-state index in [2.05, 4.69) is 26.1 Å². The van der Waals surface area contributed by atoms with Crippen LogP contribution in [-0.4, -0.2) is 13.2 Å². The predicted molar refractivity (Wildman–Crippen MR) is 65.5 cm³/mol. The largest absolute Gasteiger partial charge is 0.492 e. The van der Waals surface area contributed by atoms with Crippen molar-refractivity contribution in [1.82, 2.24) is 0 Å². The summed E-state index contributed by atoms with van der Waals surface area (Å²) >= 11 is 0. The van der Waals surface area contributed by atoms with Crippen LogP contribution in [-0.2, 0) is 0 Å². The fourth-order valence-electron chi connectivity index (χ4n) is 1.28. The Balaban J connectivity index is 2.78. The third kappa shape index (κ3) is 4.09. The van der Waals surface area contributed by atoms with Crippen molar-refractivity contribution in [3.05, 3.63) is 24.0 Å². The summed E-state index contributed by atoms with van der Waals surface area (Å²) in [6.07, 6.45) is 0. The van der Waals surface area contributed by atoms with Crippen LogP contribution >= 0.6 is 0 Å². The van der Waals surface area contributed by atoms with E-state index in [1.54, 1.807) is 6.07 Å². The molecular weight excluding hydrogens is 205 g/mol. The maximum atomic E-state index is 13.0. The zero-order valence-electron chi connectivity index (χ0n) is 10.4. The zero-order valence-corrected chi connectivity index (χ0v) is 10.4. The summed E-state index contributed by atoms with van der Waals surface area (Å²) in [4.78, 5) is 0. The predicted octanol–water partition coefficient (Wildman–Crippen LogP) is 3.68. The summed E-state index contributed by atoms with van der Waals surface area (Å²) in [6, 6.07) is 4.56. The lowest BCUT2D eigenvalue weighted by Gasteiger charge is -2.21. The number of hydrogen-bond donors (Lipinski definition) is 1. The van der Waals surface area contributed by atoms with Crippen molar-refractivity contribution in [3.8, 4) is 5.75 Å². The average Bonchev–Trinajstić information content (AvgIpc) is 2.15. The molecule has 0 aromatic heterocycles. The second-order valence-electron chi connectivity index (χ2n) is 4.99. The Morgan fingerprint density at radius 3 is 2.56 bits per heavy atom. The first kappa shape index (κ1) is 12.8. The van der Waals surface area contributed by atoms with Crippen LogP contribution in [0.1, 0.15) is 27.7 Å². The first-order chi connectivity index (χ1) is 7.42. The number of ether oxygens (including phenoxy) is 1. The molecule has 0 spiro atoms. The Hall–Kier alpha value is -1.25. The van der Waals surface area contributed by atoms with Crippen LogP contribution in [0.15, 0.2) is 18.2 Å². The molecule has 0 bridgehead atoms. The number of rotatable bonds is 4. The molecule has 2 nitrogen and oxygen atoms in total. The molecule has 3 heteroatoms. The van der Waals surface area contributed by atoms with Gasteiger partial charge in [0.2, 0.25) is 0 Å². The SMILES string of the molecule is CCOc1cc(F)ccc1NCC(C)(C)C. The minimum absolute atomic E-state index is 0.178. The Bertz CT molecular complexity index is 344. The lowest BCUT2D eigenvalue weighted by molar-refractivity contribution is 0.339. The number of benzene rings is 1. The first-order valence-electron chi connectivity index (χ1n) is 5.58. The van der Waals surface area contributed by atoms with Gasteiger partial charge in [0.05, 0.1) is 12.3 Å². The van der Waals surface area contributed by atoms with Crippen LogP contribution in [0.4, 0.5) is 10.1 Å². The Kier molecular flexibility index (Phi) is 4.16. The molecule has 0 saturated heterocycles. The van der Waals surface area contributed by atoms with Gasteiger partial charge < -0.3 is 10.1 Å². The molecule has 1 aromatic carbocycles. The molecule has 16 heavy (non-hydrogen) atoms. The lowest BCUT2D eigenvalue weighted by atomic mass is 9.97. The van der Waals surface area contributed by atoms with E-state index in [9.17, 15) is 4.39 Å². The first-order valence-corrected chi connectivity index (χ1v) is 5.58. The normalized spacial score (nSPS) is 11.3. The fraction of sp³-hybridized carbons (Fsp3) is 0.538. The molecule has 90 valence electrons. The number of nitrogens with one attached hydrogen (secondary N) is 1. The summed E-state index contributed by atoms with van der Waals surface area (Å²) in [6.45, 7) is 9.67. The van der Waals surface area contributed by atoms with Gasteiger partial charge in [0.15, 0.2) is 0 Å². The van der Waals surface area contributed by atoms with Gasteiger partial charge in [-0.05, 0) is 24.5 Å². The van der Waals surface area contributed by atoms with Crippen molar-refractivity contribution in [2.75, 3.05) is 18.5 Å². The molecule has 0 fully saturated rings. The topological polar surface area (TPSA) is 21.3 Å². The van der Waals surface area contributed by atoms with Crippen LogP contribution < -0.4 is 10.1 Å². The minimum Gasteiger partial charge on any atom is -0.492 e.